The molecule has 0 N–H and O–H groups in total. The molecule has 0 aromatic rings. The molecule has 0 aliphatic carbocycles. The minimum Gasteiger partial charge on any atom is -0.497 e. The van der Waals surface area contributed by atoms with Crippen LogP contribution in [0.4, 0.5) is 0 Å². The second-order valence-electron chi connectivity index (χ2n) is 7.01. The van der Waals surface area contributed by atoms with Crippen molar-refractivity contribution in [2.45, 2.75) is 40.5 Å². The molecular weight excluding hydrogens is 308 g/mol. The predicted octanol–water partition coefficient (Wildman–Crippen LogP) is 6.41. The van der Waals surface area contributed by atoms with Crippen molar-refractivity contribution >= 4 is 0 Å². The van der Waals surface area contributed by atoms with Gasteiger partial charge in [0.25, 0.3) is 0 Å². The Bertz CT molecular complexity index is 559. The Kier molecular flexibility index (Phi) is 10.9. The van der Waals surface area contributed by atoms with E-state index < -0.39 is 0 Å². The van der Waals surface area contributed by atoms with E-state index in [0.29, 0.717) is 24.2 Å². The molecule has 0 fully saturated rings. The van der Waals surface area contributed by atoms with Crippen LogP contribution in [0.5, 0.6) is 0 Å². The van der Waals surface area contributed by atoms with Gasteiger partial charge in [0, 0.05) is 12.7 Å². The monoisotopic (exact) mass is 344 g/mol. The number of ether oxygens (including phenoxy) is 2. The smallest absolute Gasteiger partial charge is 0.117 e. The van der Waals surface area contributed by atoms with Crippen molar-refractivity contribution in [1.29, 1.82) is 0 Å². The van der Waals surface area contributed by atoms with Gasteiger partial charge in [0.2, 0.25) is 0 Å². The van der Waals surface area contributed by atoms with Crippen LogP contribution in [0.25, 0.3) is 0 Å². The van der Waals surface area contributed by atoms with Gasteiger partial charge in [-0.25, -0.2) is 0 Å². The molecule has 1 unspecified atom stereocenters. The third-order valence-electron chi connectivity index (χ3n) is 4.33. The van der Waals surface area contributed by atoms with Crippen molar-refractivity contribution in [3.05, 3.63) is 72.1 Å². The molecular formula is C23H36O2. The molecule has 0 aliphatic heterocycles. The van der Waals surface area contributed by atoms with Crippen LogP contribution in [0.1, 0.15) is 40.5 Å². The van der Waals surface area contributed by atoms with Crippen molar-refractivity contribution in [3.8, 4) is 0 Å². The summed E-state index contributed by atoms with van der Waals surface area (Å²) in [5.74, 6) is 1.75. The molecule has 0 heterocycles. The van der Waals surface area contributed by atoms with E-state index in [1.165, 1.54) is 6.42 Å². The molecule has 0 spiro atoms. The second-order valence-corrected chi connectivity index (χ2v) is 7.01. The average molecular weight is 345 g/mol. The number of rotatable bonds is 12. The van der Waals surface area contributed by atoms with Gasteiger partial charge in [-0.15, -0.1) is 0 Å². The maximum atomic E-state index is 5.21. The molecule has 0 radical (unpaired) electrons. The van der Waals surface area contributed by atoms with Crippen molar-refractivity contribution in [3.63, 3.8) is 0 Å². The second kappa shape index (κ2) is 11.7. The van der Waals surface area contributed by atoms with Crippen LogP contribution in [0.2, 0.25) is 0 Å². The zero-order valence-corrected chi connectivity index (χ0v) is 17.1. The molecule has 0 aliphatic rings. The van der Waals surface area contributed by atoms with E-state index in [1.54, 1.807) is 14.2 Å². The van der Waals surface area contributed by atoms with Gasteiger partial charge in [-0.2, -0.15) is 0 Å². The zero-order chi connectivity index (χ0) is 19.6. The van der Waals surface area contributed by atoms with E-state index in [4.69, 9.17) is 9.47 Å². The fourth-order valence-corrected chi connectivity index (χ4v) is 2.32. The normalized spacial score (nSPS) is 13.6. The van der Waals surface area contributed by atoms with Crippen LogP contribution in [-0.4, -0.2) is 20.8 Å². The molecule has 0 aromatic carbocycles. The van der Waals surface area contributed by atoms with Gasteiger partial charge in [-0.05, 0) is 48.0 Å². The largest absolute Gasteiger partial charge is 0.497 e. The molecule has 1 atom stereocenters. The van der Waals surface area contributed by atoms with Crippen LogP contribution in [0.15, 0.2) is 72.1 Å². The highest BCUT2D eigenvalue weighted by atomic mass is 16.5. The number of methoxy groups -OCH3 is 2. The molecule has 0 saturated heterocycles. The number of hydrogen-bond donors (Lipinski definition) is 0. The van der Waals surface area contributed by atoms with Crippen LogP contribution in [0.3, 0.4) is 0 Å². The Morgan fingerprint density at radius 2 is 1.56 bits per heavy atom. The molecule has 2 nitrogen and oxygen atoms in total. The van der Waals surface area contributed by atoms with E-state index in [1.807, 2.05) is 13.0 Å². The minimum absolute atomic E-state index is 0.417. The van der Waals surface area contributed by atoms with E-state index in [9.17, 15) is 0 Å². The lowest BCUT2D eigenvalue weighted by molar-refractivity contribution is 0.212. The topological polar surface area (TPSA) is 18.5 Å². The third kappa shape index (κ3) is 8.74. The molecule has 0 bridgehead atoms. The Hall–Kier alpha value is -1.80. The Balaban J connectivity index is 5.09. The SMILES string of the molecule is C=C(/C=C(/COC)C(=C)OC)C(=C)/C(C)=C\C(=C)C(C)CCC(C)C. The Morgan fingerprint density at radius 1 is 0.960 bits per heavy atom. The summed E-state index contributed by atoms with van der Waals surface area (Å²) >= 11 is 0. The first kappa shape index (κ1) is 23.2. The Morgan fingerprint density at radius 3 is 2.04 bits per heavy atom. The summed E-state index contributed by atoms with van der Waals surface area (Å²) in [6, 6.07) is 0. The summed E-state index contributed by atoms with van der Waals surface area (Å²) in [5, 5.41) is 0. The summed E-state index contributed by atoms with van der Waals surface area (Å²) in [7, 11) is 3.24. The highest BCUT2D eigenvalue weighted by Gasteiger charge is 2.09. The summed E-state index contributed by atoms with van der Waals surface area (Å²) in [6.07, 6.45) is 6.40. The minimum atomic E-state index is 0.417. The van der Waals surface area contributed by atoms with Gasteiger partial charge < -0.3 is 9.47 Å². The van der Waals surface area contributed by atoms with Gasteiger partial charge in [0.1, 0.15) is 5.76 Å². The molecule has 2 heteroatoms. The lowest BCUT2D eigenvalue weighted by atomic mass is 9.90. The zero-order valence-electron chi connectivity index (χ0n) is 17.1. The van der Waals surface area contributed by atoms with Gasteiger partial charge >= 0.3 is 0 Å². The summed E-state index contributed by atoms with van der Waals surface area (Å²) < 4.78 is 10.4. The van der Waals surface area contributed by atoms with Crippen molar-refractivity contribution in [2.75, 3.05) is 20.8 Å². The third-order valence-corrected chi connectivity index (χ3v) is 4.33. The molecule has 0 aromatic heterocycles. The Labute approximate surface area is 155 Å². The van der Waals surface area contributed by atoms with Gasteiger partial charge in [0.05, 0.1) is 13.7 Å². The van der Waals surface area contributed by atoms with Crippen molar-refractivity contribution in [2.24, 2.45) is 11.8 Å². The summed E-state index contributed by atoms with van der Waals surface area (Å²) in [4.78, 5) is 0. The summed E-state index contributed by atoms with van der Waals surface area (Å²) in [5.41, 5.74) is 4.77. The van der Waals surface area contributed by atoms with Crippen molar-refractivity contribution in [1.82, 2.24) is 0 Å². The summed E-state index contributed by atoms with van der Waals surface area (Å²) in [6.45, 7) is 25.6. The van der Waals surface area contributed by atoms with Crippen LogP contribution < -0.4 is 0 Å². The molecule has 0 rings (SSSR count). The van der Waals surface area contributed by atoms with E-state index in [-0.39, 0.29) is 0 Å². The van der Waals surface area contributed by atoms with Gasteiger partial charge in [-0.1, -0.05) is 65.2 Å². The van der Waals surface area contributed by atoms with E-state index >= 15 is 0 Å². The van der Waals surface area contributed by atoms with Crippen LogP contribution in [-0.2, 0) is 9.47 Å². The van der Waals surface area contributed by atoms with Gasteiger partial charge in [0.15, 0.2) is 0 Å². The number of hydrogen-bond acceptors (Lipinski definition) is 2. The fraction of sp³-hybridized carbons (Fsp3) is 0.478. The first-order valence-corrected chi connectivity index (χ1v) is 8.82. The maximum absolute atomic E-state index is 5.21. The lowest BCUT2D eigenvalue weighted by Gasteiger charge is -2.16. The standard InChI is InChI=1S/C23H36O2/c1-16(2)11-12-17(3)18(4)13-19(5)21(7)20(6)14-23(15-24-9)22(8)25-10/h13-14,16-17H,4,6-8,11-12,15H2,1-3,5,9-10H3/b19-13-,23-14-. The number of allylic oxidation sites excluding steroid dienone is 6. The first-order valence-electron chi connectivity index (χ1n) is 8.82. The molecule has 0 amide bonds. The molecule has 0 saturated carbocycles. The first-order chi connectivity index (χ1) is 11.6. The average Bonchev–Trinajstić information content (AvgIpc) is 2.57. The van der Waals surface area contributed by atoms with E-state index in [2.05, 4.69) is 53.2 Å². The fourth-order valence-electron chi connectivity index (χ4n) is 2.32. The molecule has 25 heavy (non-hydrogen) atoms. The lowest BCUT2D eigenvalue weighted by Crippen LogP contribution is -2.02. The molecule has 140 valence electrons. The van der Waals surface area contributed by atoms with Crippen molar-refractivity contribution < 1.29 is 9.47 Å². The van der Waals surface area contributed by atoms with Gasteiger partial charge in [-0.3, -0.25) is 0 Å². The quantitative estimate of drug-likeness (QED) is 0.301. The highest BCUT2D eigenvalue weighted by Crippen LogP contribution is 2.25. The van der Waals surface area contributed by atoms with Crippen LogP contribution >= 0.6 is 0 Å². The predicted molar refractivity (Wildman–Crippen MR) is 111 cm³/mol. The van der Waals surface area contributed by atoms with E-state index in [0.717, 1.165) is 34.3 Å². The van der Waals surface area contributed by atoms with Crippen LogP contribution in [0, 0.1) is 11.8 Å². The maximum Gasteiger partial charge on any atom is 0.117 e. The highest BCUT2D eigenvalue weighted by molar-refractivity contribution is 5.52.